The largest absolute Gasteiger partial charge is 0.542 e. The summed E-state index contributed by atoms with van der Waals surface area (Å²) in [5, 5.41) is 9.86. The van der Waals surface area contributed by atoms with E-state index < -0.39 is 5.97 Å². The van der Waals surface area contributed by atoms with Crippen molar-refractivity contribution < 1.29 is 18.9 Å². The molecule has 0 N–H and O–H groups in total. The van der Waals surface area contributed by atoms with Gasteiger partial charge in [-0.3, -0.25) is 0 Å². The highest BCUT2D eigenvalue weighted by molar-refractivity contribution is 5.82. The summed E-state index contributed by atoms with van der Waals surface area (Å²) in [4.78, 5) is 9.86. The summed E-state index contributed by atoms with van der Waals surface area (Å²) in [6.45, 7) is 3.47. The number of carbonyl (C=O) groups excluding carboxylic acids is 1. The molecular weight excluding hydrogens is 376 g/mol. The summed E-state index contributed by atoms with van der Waals surface area (Å²) in [5.74, 6) is -1.42. The number of aromatic carboxylic acids is 1. The SMILES string of the molecule is CCCCCCCCCCCCCCCCn1cc[n+](C)c1.O=C([O-])c1ccco1. The van der Waals surface area contributed by atoms with E-state index in [0.717, 1.165) is 0 Å². The second-order valence-electron chi connectivity index (χ2n) is 8.18. The van der Waals surface area contributed by atoms with Gasteiger partial charge in [-0.1, -0.05) is 84.0 Å². The lowest BCUT2D eigenvalue weighted by Gasteiger charge is -2.03. The van der Waals surface area contributed by atoms with Gasteiger partial charge in [-0.15, -0.1) is 0 Å². The van der Waals surface area contributed by atoms with Crippen LogP contribution >= 0.6 is 0 Å². The molecule has 0 unspecified atom stereocenters. The number of carbonyl (C=O) groups is 1. The van der Waals surface area contributed by atoms with Gasteiger partial charge in [0, 0.05) is 0 Å². The van der Waals surface area contributed by atoms with Gasteiger partial charge in [0.1, 0.15) is 24.1 Å². The summed E-state index contributed by atoms with van der Waals surface area (Å²) in [7, 11) is 2.09. The van der Waals surface area contributed by atoms with E-state index in [0.29, 0.717) is 0 Å². The highest BCUT2D eigenvalue weighted by Gasteiger charge is 1.99. The van der Waals surface area contributed by atoms with Crippen LogP contribution in [0.3, 0.4) is 0 Å². The molecule has 2 rings (SSSR count). The molecule has 0 aliphatic carbocycles. The van der Waals surface area contributed by atoms with Crippen LogP contribution in [0.4, 0.5) is 0 Å². The van der Waals surface area contributed by atoms with Crippen LogP contribution in [0.15, 0.2) is 41.5 Å². The summed E-state index contributed by atoms with van der Waals surface area (Å²) in [6.07, 6.45) is 27.8. The number of imidazole rings is 1. The van der Waals surface area contributed by atoms with Gasteiger partial charge in [0.2, 0.25) is 6.33 Å². The highest BCUT2D eigenvalue weighted by Crippen LogP contribution is 2.13. The van der Waals surface area contributed by atoms with Crippen molar-refractivity contribution in [3.8, 4) is 0 Å². The van der Waals surface area contributed by atoms with Crippen LogP contribution in [-0.4, -0.2) is 10.5 Å². The molecule has 170 valence electrons. The van der Waals surface area contributed by atoms with Crippen molar-refractivity contribution in [2.45, 2.75) is 103 Å². The number of aromatic nitrogens is 2. The molecule has 0 saturated carbocycles. The molecule has 0 aromatic carbocycles. The topological polar surface area (TPSA) is 62.1 Å². The summed E-state index contributed by atoms with van der Waals surface area (Å²) in [5.41, 5.74) is 0. The average molecular weight is 419 g/mol. The summed E-state index contributed by atoms with van der Waals surface area (Å²) in [6, 6.07) is 2.82. The van der Waals surface area contributed by atoms with E-state index in [1.165, 1.54) is 115 Å². The number of carboxylic acid groups (broad SMARTS) is 1. The van der Waals surface area contributed by atoms with Gasteiger partial charge < -0.3 is 14.3 Å². The van der Waals surface area contributed by atoms with Gasteiger partial charge >= 0.3 is 0 Å². The zero-order valence-electron chi connectivity index (χ0n) is 19.2. The minimum atomic E-state index is -1.28. The Morgan fingerprint density at radius 1 is 0.933 bits per heavy atom. The third-order valence-corrected chi connectivity index (χ3v) is 5.32. The second kappa shape index (κ2) is 17.8. The Hall–Kier alpha value is -2.04. The molecule has 0 fully saturated rings. The normalized spacial score (nSPS) is 10.6. The van der Waals surface area contributed by atoms with Crippen LogP contribution in [-0.2, 0) is 13.6 Å². The van der Waals surface area contributed by atoms with E-state index in [4.69, 9.17) is 0 Å². The van der Waals surface area contributed by atoms with E-state index in [2.05, 4.69) is 46.2 Å². The molecule has 0 aliphatic rings. The predicted octanol–water partition coefficient (Wildman–Crippen LogP) is 5.44. The number of nitrogens with zero attached hydrogens (tertiary/aromatic N) is 2. The summed E-state index contributed by atoms with van der Waals surface area (Å²) >= 11 is 0. The lowest BCUT2D eigenvalue weighted by Crippen LogP contribution is -2.23. The molecule has 2 aromatic rings. The molecule has 0 bridgehead atoms. The molecule has 0 aliphatic heterocycles. The molecule has 5 heteroatoms. The first-order valence-electron chi connectivity index (χ1n) is 11.9. The molecule has 5 nitrogen and oxygen atoms in total. The molecule has 0 amide bonds. The Kier molecular flexibility index (Phi) is 15.4. The number of hydrogen-bond donors (Lipinski definition) is 0. The average Bonchev–Trinajstić information content (AvgIpc) is 3.41. The smallest absolute Gasteiger partial charge is 0.243 e. The van der Waals surface area contributed by atoms with E-state index in [-0.39, 0.29) is 5.76 Å². The molecule has 2 heterocycles. The Balaban J connectivity index is 0.000000467. The Bertz CT molecular complexity index is 635. The van der Waals surface area contributed by atoms with Crippen molar-refractivity contribution in [3.05, 3.63) is 42.9 Å². The monoisotopic (exact) mass is 418 g/mol. The van der Waals surface area contributed by atoms with Crippen molar-refractivity contribution in [1.29, 1.82) is 0 Å². The van der Waals surface area contributed by atoms with E-state index in [1.807, 2.05) is 0 Å². The molecule has 0 spiro atoms. The summed E-state index contributed by atoms with van der Waals surface area (Å²) < 4.78 is 8.84. The first-order valence-corrected chi connectivity index (χ1v) is 11.9. The number of unbranched alkanes of at least 4 members (excludes halogenated alkanes) is 13. The third kappa shape index (κ3) is 14.0. The molecule has 0 saturated heterocycles. The quantitative estimate of drug-likeness (QED) is 0.269. The number of aryl methyl sites for hydroxylation is 2. The third-order valence-electron chi connectivity index (χ3n) is 5.32. The minimum absolute atomic E-state index is 0.134. The lowest BCUT2D eigenvalue weighted by molar-refractivity contribution is -0.671. The van der Waals surface area contributed by atoms with Crippen LogP contribution in [0.5, 0.6) is 0 Å². The van der Waals surface area contributed by atoms with Crippen molar-refractivity contribution in [2.24, 2.45) is 7.05 Å². The highest BCUT2D eigenvalue weighted by atomic mass is 16.4. The maximum atomic E-state index is 9.86. The first-order chi connectivity index (χ1) is 14.6. The number of carboxylic acids is 1. The van der Waals surface area contributed by atoms with Crippen molar-refractivity contribution in [1.82, 2.24) is 4.57 Å². The predicted molar refractivity (Wildman–Crippen MR) is 119 cm³/mol. The van der Waals surface area contributed by atoms with Gasteiger partial charge in [0.15, 0.2) is 0 Å². The van der Waals surface area contributed by atoms with Crippen LogP contribution < -0.4 is 9.67 Å². The van der Waals surface area contributed by atoms with Crippen LogP contribution in [0, 0.1) is 0 Å². The Morgan fingerprint density at radius 2 is 1.47 bits per heavy atom. The van der Waals surface area contributed by atoms with Gasteiger partial charge in [-0.2, -0.15) is 0 Å². The van der Waals surface area contributed by atoms with Crippen LogP contribution in [0.1, 0.15) is 107 Å². The Morgan fingerprint density at radius 3 is 1.83 bits per heavy atom. The number of rotatable bonds is 16. The van der Waals surface area contributed by atoms with Crippen molar-refractivity contribution in [3.63, 3.8) is 0 Å². The number of hydrogen-bond acceptors (Lipinski definition) is 3. The standard InChI is InChI=1S/C20H39N2.C5H4O3/c1-3-4-5-6-7-8-9-10-11-12-13-14-15-16-17-22-19-18-21(2)20-22;6-5(7)4-2-1-3-8-4/h18-20H,3-17H2,1-2H3;1-3H,(H,6,7)/q+1;/p-1. The maximum Gasteiger partial charge on any atom is 0.243 e. The Labute approximate surface area is 183 Å². The fraction of sp³-hybridized carbons (Fsp3) is 0.680. The zero-order valence-corrected chi connectivity index (χ0v) is 19.2. The second-order valence-corrected chi connectivity index (χ2v) is 8.18. The molecule has 0 atom stereocenters. The van der Waals surface area contributed by atoms with Crippen molar-refractivity contribution in [2.75, 3.05) is 0 Å². The zero-order chi connectivity index (χ0) is 21.9. The minimum Gasteiger partial charge on any atom is -0.542 e. The molecule has 0 radical (unpaired) electrons. The van der Waals surface area contributed by atoms with E-state index >= 15 is 0 Å². The fourth-order valence-electron chi connectivity index (χ4n) is 3.52. The van der Waals surface area contributed by atoms with Crippen molar-refractivity contribution >= 4 is 5.97 Å². The fourth-order valence-corrected chi connectivity index (χ4v) is 3.52. The lowest BCUT2D eigenvalue weighted by atomic mass is 10.0. The van der Waals surface area contributed by atoms with Gasteiger partial charge in [-0.05, 0) is 25.0 Å². The number of furan rings is 1. The van der Waals surface area contributed by atoms with E-state index in [1.54, 1.807) is 0 Å². The van der Waals surface area contributed by atoms with Crippen LogP contribution in [0.2, 0.25) is 0 Å². The molecule has 30 heavy (non-hydrogen) atoms. The van der Waals surface area contributed by atoms with Crippen LogP contribution in [0.25, 0.3) is 0 Å². The molecule has 2 aromatic heterocycles. The first kappa shape index (κ1) is 26.0. The van der Waals surface area contributed by atoms with Gasteiger partial charge in [-0.25, -0.2) is 9.13 Å². The maximum absolute atomic E-state index is 9.86. The van der Waals surface area contributed by atoms with Gasteiger partial charge in [0.25, 0.3) is 0 Å². The van der Waals surface area contributed by atoms with Gasteiger partial charge in [0.05, 0.1) is 19.9 Å². The molecular formula is C25H42N2O3. The van der Waals surface area contributed by atoms with E-state index in [9.17, 15) is 9.90 Å².